The maximum Gasteiger partial charge on any atom is 0.258 e. The minimum Gasteiger partial charge on any atom is -0.492 e. The second kappa shape index (κ2) is 5.60. The highest BCUT2D eigenvalue weighted by atomic mass is 16.5. The Kier molecular flexibility index (Phi) is 3.64. The maximum absolute atomic E-state index is 12.2. The topological polar surface area (TPSA) is 47.4 Å². The van der Waals surface area contributed by atoms with Crippen molar-refractivity contribution in [2.45, 2.75) is 20.4 Å². The summed E-state index contributed by atoms with van der Waals surface area (Å²) in [4.78, 5) is 18.8. The standard InChI is InChI=1S/C16H19N3O2/c1-12-13(2)17-16-18(8-9-19(16)15(12)20)10-11-21-14-6-4-3-5-7-14/h3-7H,8-11H2,1-2H3. The molecule has 0 saturated carbocycles. The lowest BCUT2D eigenvalue weighted by Gasteiger charge is -2.18. The Labute approximate surface area is 123 Å². The molecular weight excluding hydrogens is 266 g/mol. The van der Waals surface area contributed by atoms with E-state index >= 15 is 0 Å². The van der Waals surface area contributed by atoms with Crippen LogP contribution >= 0.6 is 0 Å². The summed E-state index contributed by atoms with van der Waals surface area (Å²) in [6, 6.07) is 9.74. The van der Waals surface area contributed by atoms with E-state index in [1.165, 1.54) is 0 Å². The molecule has 5 heteroatoms. The van der Waals surface area contributed by atoms with Crippen molar-refractivity contribution >= 4 is 5.95 Å². The van der Waals surface area contributed by atoms with Crippen LogP contribution in [0.2, 0.25) is 0 Å². The summed E-state index contributed by atoms with van der Waals surface area (Å²) in [5.41, 5.74) is 1.62. The third-order valence-corrected chi connectivity index (χ3v) is 3.87. The molecule has 0 aliphatic carbocycles. The molecule has 0 radical (unpaired) electrons. The average molecular weight is 285 g/mol. The molecule has 0 amide bonds. The number of hydrogen-bond donors (Lipinski definition) is 0. The molecule has 0 N–H and O–H groups in total. The summed E-state index contributed by atoms with van der Waals surface area (Å²) in [7, 11) is 0. The van der Waals surface area contributed by atoms with Crippen molar-refractivity contribution in [2.24, 2.45) is 0 Å². The largest absolute Gasteiger partial charge is 0.492 e. The number of aryl methyl sites for hydroxylation is 1. The highest BCUT2D eigenvalue weighted by Gasteiger charge is 2.23. The molecule has 5 nitrogen and oxygen atoms in total. The third-order valence-electron chi connectivity index (χ3n) is 3.87. The molecule has 21 heavy (non-hydrogen) atoms. The Morgan fingerprint density at radius 1 is 1.19 bits per heavy atom. The van der Waals surface area contributed by atoms with Gasteiger partial charge in [0.25, 0.3) is 5.56 Å². The maximum atomic E-state index is 12.2. The third kappa shape index (κ3) is 2.63. The van der Waals surface area contributed by atoms with Crippen molar-refractivity contribution in [3.8, 4) is 5.75 Å². The minimum absolute atomic E-state index is 0.0731. The fourth-order valence-electron chi connectivity index (χ4n) is 2.51. The summed E-state index contributed by atoms with van der Waals surface area (Å²) in [5.74, 6) is 1.63. The summed E-state index contributed by atoms with van der Waals surface area (Å²) in [6.45, 7) is 6.53. The molecule has 1 aromatic heterocycles. The van der Waals surface area contributed by atoms with E-state index in [1.807, 2.05) is 44.2 Å². The summed E-state index contributed by atoms with van der Waals surface area (Å²) in [5, 5.41) is 0. The number of rotatable bonds is 4. The zero-order valence-corrected chi connectivity index (χ0v) is 12.4. The van der Waals surface area contributed by atoms with Crippen molar-refractivity contribution in [2.75, 3.05) is 24.6 Å². The molecule has 0 atom stereocenters. The zero-order chi connectivity index (χ0) is 14.8. The highest BCUT2D eigenvalue weighted by molar-refractivity contribution is 5.38. The lowest BCUT2D eigenvalue weighted by molar-refractivity contribution is 0.324. The molecule has 1 aliphatic rings. The van der Waals surface area contributed by atoms with Crippen LogP contribution in [0.3, 0.4) is 0 Å². The zero-order valence-electron chi connectivity index (χ0n) is 12.4. The van der Waals surface area contributed by atoms with Crippen LogP contribution < -0.4 is 15.2 Å². The summed E-state index contributed by atoms with van der Waals surface area (Å²) >= 11 is 0. The van der Waals surface area contributed by atoms with Crippen molar-refractivity contribution < 1.29 is 4.74 Å². The summed E-state index contributed by atoms with van der Waals surface area (Å²) in [6.07, 6.45) is 0. The molecule has 0 saturated heterocycles. The fraction of sp³-hybridized carbons (Fsp3) is 0.375. The molecule has 1 aromatic carbocycles. The average Bonchev–Trinajstić information content (AvgIpc) is 2.89. The Hall–Kier alpha value is -2.30. The van der Waals surface area contributed by atoms with Gasteiger partial charge in [0.15, 0.2) is 0 Å². The first-order valence-electron chi connectivity index (χ1n) is 7.17. The normalized spacial score (nSPS) is 13.3. The first kappa shape index (κ1) is 13.7. The number of ether oxygens (including phenoxy) is 1. The van der Waals surface area contributed by atoms with Gasteiger partial charge in [0.1, 0.15) is 12.4 Å². The van der Waals surface area contributed by atoms with Crippen LogP contribution in [-0.4, -0.2) is 29.2 Å². The molecule has 2 aromatic rings. The number of fused-ring (bicyclic) bond motifs is 1. The quantitative estimate of drug-likeness (QED) is 0.859. The van der Waals surface area contributed by atoms with Crippen LogP contribution in [0.5, 0.6) is 5.75 Å². The van der Waals surface area contributed by atoms with E-state index < -0.39 is 0 Å². The molecule has 3 rings (SSSR count). The first-order chi connectivity index (χ1) is 10.2. The number of aromatic nitrogens is 2. The predicted octanol–water partition coefficient (Wildman–Crippen LogP) is 1.76. The fourth-order valence-corrected chi connectivity index (χ4v) is 2.51. The second-order valence-corrected chi connectivity index (χ2v) is 5.23. The molecule has 110 valence electrons. The molecule has 0 bridgehead atoms. The van der Waals surface area contributed by atoms with Gasteiger partial charge in [-0.05, 0) is 26.0 Å². The van der Waals surface area contributed by atoms with E-state index in [0.717, 1.165) is 36.0 Å². The van der Waals surface area contributed by atoms with Crippen LogP contribution in [0.4, 0.5) is 5.95 Å². The van der Waals surface area contributed by atoms with E-state index in [-0.39, 0.29) is 5.56 Å². The molecule has 0 fully saturated rings. The van der Waals surface area contributed by atoms with Crippen LogP contribution in [-0.2, 0) is 6.54 Å². The number of hydrogen-bond acceptors (Lipinski definition) is 4. The number of benzene rings is 1. The van der Waals surface area contributed by atoms with Gasteiger partial charge in [-0.25, -0.2) is 4.98 Å². The van der Waals surface area contributed by atoms with Gasteiger partial charge in [0.2, 0.25) is 5.95 Å². The van der Waals surface area contributed by atoms with Gasteiger partial charge in [-0.3, -0.25) is 9.36 Å². The smallest absolute Gasteiger partial charge is 0.258 e. The van der Waals surface area contributed by atoms with Crippen LogP contribution in [0.1, 0.15) is 11.3 Å². The lowest BCUT2D eigenvalue weighted by atomic mass is 10.3. The van der Waals surface area contributed by atoms with E-state index in [0.29, 0.717) is 13.2 Å². The monoisotopic (exact) mass is 285 g/mol. The molecular formula is C16H19N3O2. The molecule has 0 spiro atoms. The molecule has 1 aliphatic heterocycles. The van der Waals surface area contributed by atoms with Crippen molar-refractivity contribution in [1.82, 2.24) is 9.55 Å². The SMILES string of the molecule is Cc1nc2n(c(=O)c1C)CCN2CCOc1ccccc1. The van der Waals surface area contributed by atoms with Crippen LogP contribution in [0.25, 0.3) is 0 Å². The van der Waals surface area contributed by atoms with Gasteiger partial charge in [-0.15, -0.1) is 0 Å². The predicted molar refractivity (Wildman–Crippen MR) is 82.1 cm³/mol. The van der Waals surface area contributed by atoms with Crippen molar-refractivity contribution in [1.29, 1.82) is 0 Å². The van der Waals surface area contributed by atoms with Gasteiger partial charge in [-0.1, -0.05) is 18.2 Å². The first-order valence-corrected chi connectivity index (χ1v) is 7.17. The number of anilines is 1. The van der Waals surface area contributed by atoms with Gasteiger partial charge >= 0.3 is 0 Å². The minimum atomic E-state index is 0.0731. The van der Waals surface area contributed by atoms with Gasteiger partial charge < -0.3 is 9.64 Å². The van der Waals surface area contributed by atoms with Crippen LogP contribution in [0, 0.1) is 13.8 Å². The van der Waals surface area contributed by atoms with E-state index in [9.17, 15) is 4.79 Å². The van der Waals surface area contributed by atoms with E-state index in [4.69, 9.17) is 4.74 Å². The van der Waals surface area contributed by atoms with Crippen LogP contribution in [0.15, 0.2) is 35.1 Å². The Morgan fingerprint density at radius 2 is 1.95 bits per heavy atom. The van der Waals surface area contributed by atoms with Gasteiger partial charge in [-0.2, -0.15) is 0 Å². The van der Waals surface area contributed by atoms with Gasteiger partial charge in [0.05, 0.1) is 6.54 Å². The Bertz CT molecular complexity index is 695. The second-order valence-electron chi connectivity index (χ2n) is 5.23. The molecule has 2 heterocycles. The lowest BCUT2D eigenvalue weighted by Crippen LogP contribution is -2.28. The highest BCUT2D eigenvalue weighted by Crippen LogP contribution is 2.17. The Morgan fingerprint density at radius 3 is 2.71 bits per heavy atom. The van der Waals surface area contributed by atoms with E-state index in [2.05, 4.69) is 9.88 Å². The Balaban J connectivity index is 1.69. The van der Waals surface area contributed by atoms with Gasteiger partial charge in [0, 0.05) is 24.3 Å². The molecule has 0 unspecified atom stereocenters. The van der Waals surface area contributed by atoms with Crippen molar-refractivity contribution in [3.63, 3.8) is 0 Å². The van der Waals surface area contributed by atoms with Crippen molar-refractivity contribution in [3.05, 3.63) is 51.9 Å². The number of nitrogens with zero attached hydrogens (tertiary/aromatic N) is 3. The number of para-hydroxylation sites is 1. The summed E-state index contributed by atoms with van der Waals surface area (Å²) < 4.78 is 7.47. The van der Waals surface area contributed by atoms with E-state index in [1.54, 1.807) is 4.57 Å².